The summed E-state index contributed by atoms with van der Waals surface area (Å²) in [6.45, 7) is 0.127. The van der Waals surface area contributed by atoms with Crippen molar-refractivity contribution >= 4 is 17.7 Å². The Morgan fingerprint density at radius 3 is 2.20 bits per heavy atom. The molecule has 2 amide bonds. The van der Waals surface area contributed by atoms with Crippen molar-refractivity contribution in [3.05, 3.63) is 18.2 Å². The first-order valence-corrected chi connectivity index (χ1v) is 5.93. The van der Waals surface area contributed by atoms with Gasteiger partial charge in [-0.3, -0.25) is 4.79 Å². The topological polar surface area (TPSA) is 88.1 Å². The van der Waals surface area contributed by atoms with E-state index in [4.69, 9.17) is 14.6 Å². The molecule has 0 unspecified atom stereocenters. The zero-order valence-electron chi connectivity index (χ0n) is 11.7. The fraction of sp³-hybridized carbons (Fsp3) is 0.385. The van der Waals surface area contributed by atoms with Crippen molar-refractivity contribution in [2.45, 2.75) is 6.42 Å². The van der Waals surface area contributed by atoms with Crippen molar-refractivity contribution in [2.24, 2.45) is 0 Å². The second kappa shape index (κ2) is 7.22. The summed E-state index contributed by atoms with van der Waals surface area (Å²) < 4.78 is 10.2. The number of carboxylic acid groups (broad SMARTS) is 1. The first-order chi connectivity index (χ1) is 9.46. The van der Waals surface area contributed by atoms with E-state index in [2.05, 4.69) is 5.32 Å². The molecule has 0 saturated heterocycles. The smallest absolute Gasteiger partial charge is 0.321 e. The van der Waals surface area contributed by atoms with Crippen molar-refractivity contribution in [1.82, 2.24) is 4.90 Å². The maximum atomic E-state index is 11.9. The lowest BCUT2D eigenvalue weighted by Crippen LogP contribution is -2.33. The lowest BCUT2D eigenvalue weighted by atomic mass is 10.3. The zero-order chi connectivity index (χ0) is 15.1. The van der Waals surface area contributed by atoms with Gasteiger partial charge in [0.2, 0.25) is 0 Å². The van der Waals surface area contributed by atoms with Gasteiger partial charge >= 0.3 is 12.0 Å². The van der Waals surface area contributed by atoms with Crippen LogP contribution >= 0.6 is 0 Å². The molecule has 0 aromatic heterocycles. The monoisotopic (exact) mass is 282 g/mol. The van der Waals surface area contributed by atoms with Gasteiger partial charge in [0.15, 0.2) is 0 Å². The number of aliphatic carboxylic acids is 1. The summed E-state index contributed by atoms with van der Waals surface area (Å²) in [5, 5.41) is 11.2. The highest BCUT2D eigenvalue weighted by Gasteiger charge is 2.11. The predicted octanol–water partition coefficient (Wildman–Crippen LogP) is 1.64. The Morgan fingerprint density at radius 2 is 1.75 bits per heavy atom. The molecular weight excluding hydrogens is 264 g/mol. The molecular formula is C13H18N2O5. The van der Waals surface area contributed by atoms with Gasteiger partial charge in [-0.25, -0.2) is 4.79 Å². The Hall–Kier alpha value is -2.44. The number of rotatable bonds is 6. The van der Waals surface area contributed by atoms with Crippen LogP contribution < -0.4 is 14.8 Å². The van der Waals surface area contributed by atoms with E-state index >= 15 is 0 Å². The summed E-state index contributed by atoms with van der Waals surface area (Å²) in [7, 11) is 4.55. The summed E-state index contributed by atoms with van der Waals surface area (Å²) in [5.41, 5.74) is 0.508. The van der Waals surface area contributed by atoms with Crippen molar-refractivity contribution < 1.29 is 24.2 Å². The standard InChI is InChI=1S/C13H18N2O5/c1-15(5-4-12(16)17)13(18)14-9-6-10(19-2)8-11(7-9)20-3/h6-8H,4-5H2,1-3H3,(H,14,18)(H,16,17). The molecule has 1 rings (SSSR count). The highest BCUT2D eigenvalue weighted by molar-refractivity contribution is 5.89. The number of nitrogens with zero attached hydrogens (tertiary/aromatic N) is 1. The Bertz CT molecular complexity index is 467. The summed E-state index contributed by atoms with van der Waals surface area (Å²) >= 11 is 0. The lowest BCUT2D eigenvalue weighted by Gasteiger charge is -2.17. The minimum Gasteiger partial charge on any atom is -0.497 e. The molecule has 1 aromatic rings. The van der Waals surface area contributed by atoms with E-state index in [1.54, 1.807) is 18.2 Å². The van der Waals surface area contributed by atoms with E-state index in [0.717, 1.165) is 0 Å². The number of ether oxygens (including phenoxy) is 2. The van der Waals surface area contributed by atoms with Crippen LogP contribution in [-0.4, -0.2) is 49.8 Å². The minimum absolute atomic E-state index is 0.106. The van der Waals surface area contributed by atoms with Crippen LogP contribution in [0.5, 0.6) is 11.5 Å². The molecule has 0 aliphatic carbocycles. The van der Waals surface area contributed by atoms with Gasteiger partial charge in [0.25, 0.3) is 0 Å². The number of carbonyl (C=O) groups excluding carboxylic acids is 1. The van der Waals surface area contributed by atoms with Gasteiger partial charge in [0.1, 0.15) is 11.5 Å². The molecule has 2 N–H and O–H groups in total. The molecule has 0 bridgehead atoms. The number of hydrogen-bond acceptors (Lipinski definition) is 4. The van der Waals surface area contributed by atoms with E-state index < -0.39 is 12.0 Å². The van der Waals surface area contributed by atoms with Crippen LogP contribution in [0.3, 0.4) is 0 Å². The van der Waals surface area contributed by atoms with Crippen LogP contribution in [-0.2, 0) is 4.79 Å². The third-order valence-electron chi connectivity index (χ3n) is 2.61. The van der Waals surface area contributed by atoms with E-state index in [9.17, 15) is 9.59 Å². The summed E-state index contributed by atoms with van der Waals surface area (Å²) in [5.74, 6) is 0.147. The first kappa shape index (κ1) is 15.6. The normalized spacial score (nSPS) is 9.75. The molecule has 7 nitrogen and oxygen atoms in total. The van der Waals surface area contributed by atoms with Crippen molar-refractivity contribution in [2.75, 3.05) is 33.1 Å². The fourth-order valence-electron chi connectivity index (χ4n) is 1.46. The number of nitrogens with one attached hydrogen (secondary N) is 1. The first-order valence-electron chi connectivity index (χ1n) is 5.93. The molecule has 110 valence electrons. The molecule has 20 heavy (non-hydrogen) atoms. The van der Waals surface area contributed by atoms with Crippen LogP contribution in [0.1, 0.15) is 6.42 Å². The van der Waals surface area contributed by atoms with Gasteiger partial charge < -0.3 is 24.8 Å². The Kier molecular flexibility index (Phi) is 5.64. The van der Waals surface area contributed by atoms with Gasteiger partial charge in [-0.05, 0) is 0 Å². The largest absolute Gasteiger partial charge is 0.497 e. The number of amides is 2. The molecule has 0 spiro atoms. The Labute approximate surface area is 117 Å². The summed E-state index contributed by atoms with van der Waals surface area (Å²) in [6.07, 6.45) is -0.106. The maximum Gasteiger partial charge on any atom is 0.321 e. The maximum absolute atomic E-state index is 11.9. The number of methoxy groups -OCH3 is 2. The SMILES string of the molecule is COc1cc(NC(=O)N(C)CCC(=O)O)cc(OC)c1. The lowest BCUT2D eigenvalue weighted by molar-refractivity contribution is -0.137. The average molecular weight is 282 g/mol. The highest BCUT2D eigenvalue weighted by atomic mass is 16.5. The van der Waals surface area contributed by atoms with Crippen LogP contribution in [0.2, 0.25) is 0 Å². The zero-order valence-corrected chi connectivity index (χ0v) is 11.7. The van der Waals surface area contributed by atoms with E-state index in [1.165, 1.54) is 26.2 Å². The molecule has 0 atom stereocenters. The summed E-state index contributed by atoms with van der Waals surface area (Å²) in [4.78, 5) is 23.6. The van der Waals surface area contributed by atoms with Gasteiger partial charge in [0, 0.05) is 37.5 Å². The number of carbonyl (C=O) groups is 2. The Morgan fingerprint density at radius 1 is 1.20 bits per heavy atom. The molecule has 0 heterocycles. The van der Waals surface area contributed by atoms with Crippen molar-refractivity contribution in [3.8, 4) is 11.5 Å². The van der Waals surface area contributed by atoms with Crippen LogP contribution in [0.4, 0.5) is 10.5 Å². The number of urea groups is 1. The van der Waals surface area contributed by atoms with Gasteiger partial charge in [-0.15, -0.1) is 0 Å². The quantitative estimate of drug-likeness (QED) is 0.828. The molecule has 0 saturated carbocycles. The second-order valence-electron chi connectivity index (χ2n) is 4.10. The highest BCUT2D eigenvalue weighted by Crippen LogP contribution is 2.25. The third-order valence-corrected chi connectivity index (χ3v) is 2.61. The van der Waals surface area contributed by atoms with Gasteiger partial charge in [-0.2, -0.15) is 0 Å². The van der Waals surface area contributed by atoms with Gasteiger partial charge in [-0.1, -0.05) is 0 Å². The van der Waals surface area contributed by atoms with E-state index in [1.807, 2.05) is 0 Å². The minimum atomic E-state index is -0.951. The third kappa shape index (κ3) is 4.68. The van der Waals surface area contributed by atoms with Crippen molar-refractivity contribution in [3.63, 3.8) is 0 Å². The van der Waals surface area contributed by atoms with Gasteiger partial charge in [0.05, 0.1) is 20.6 Å². The number of benzene rings is 1. The summed E-state index contributed by atoms with van der Waals surface area (Å²) in [6, 6.07) is 4.57. The molecule has 0 aliphatic heterocycles. The Balaban J connectivity index is 2.71. The molecule has 0 aliphatic rings. The van der Waals surface area contributed by atoms with Crippen LogP contribution in [0, 0.1) is 0 Å². The van der Waals surface area contributed by atoms with Crippen LogP contribution in [0.15, 0.2) is 18.2 Å². The second-order valence-corrected chi connectivity index (χ2v) is 4.10. The van der Waals surface area contributed by atoms with E-state index in [0.29, 0.717) is 17.2 Å². The molecule has 7 heteroatoms. The average Bonchev–Trinajstić information content (AvgIpc) is 2.43. The number of hydrogen-bond donors (Lipinski definition) is 2. The molecule has 0 fully saturated rings. The van der Waals surface area contributed by atoms with E-state index in [-0.39, 0.29) is 13.0 Å². The van der Waals surface area contributed by atoms with Crippen LogP contribution in [0.25, 0.3) is 0 Å². The fourth-order valence-corrected chi connectivity index (χ4v) is 1.46. The predicted molar refractivity (Wildman–Crippen MR) is 73.4 cm³/mol. The number of anilines is 1. The molecule has 1 aromatic carbocycles. The van der Waals surface area contributed by atoms with Crippen molar-refractivity contribution in [1.29, 1.82) is 0 Å². The number of carboxylic acids is 1. The molecule has 0 radical (unpaired) electrons.